The molecule has 1 aromatic rings. The lowest BCUT2D eigenvalue weighted by Gasteiger charge is -2.18. The molecule has 1 aliphatic rings. The van der Waals surface area contributed by atoms with Gasteiger partial charge < -0.3 is 4.74 Å². The van der Waals surface area contributed by atoms with Crippen molar-refractivity contribution in [3.8, 4) is 5.75 Å². The third-order valence-corrected chi connectivity index (χ3v) is 2.79. The minimum atomic E-state index is 0.0823. The van der Waals surface area contributed by atoms with E-state index >= 15 is 0 Å². The molecule has 1 aromatic carbocycles. The minimum Gasteiger partial charge on any atom is -0.488 e. The molecule has 0 spiro atoms. The Kier molecular flexibility index (Phi) is 2.35. The third-order valence-electron chi connectivity index (χ3n) is 2.79. The van der Waals surface area contributed by atoms with Gasteiger partial charge in [0.1, 0.15) is 12.4 Å². The van der Waals surface area contributed by atoms with Gasteiger partial charge in [-0.3, -0.25) is 4.79 Å². The van der Waals surface area contributed by atoms with Crippen molar-refractivity contribution in [1.82, 2.24) is 0 Å². The number of fused-ring (bicyclic) bond motifs is 1. The number of hydrogen-bond donors (Lipinski definition) is 0. The van der Waals surface area contributed by atoms with Crippen molar-refractivity contribution in [1.29, 1.82) is 0 Å². The predicted octanol–water partition coefficient (Wildman–Crippen LogP) is 2.67. The maximum atomic E-state index is 11.2. The lowest BCUT2D eigenvalue weighted by molar-refractivity contribution is -0.113. The van der Waals surface area contributed by atoms with Crippen molar-refractivity contribution in [2.24, 2.45) is 0 Å². The Morgan fingerprint density at radius 2 is 1.93 bits per heavy atom. The Hall–Kier alpha value is -1.57. The van der Waals surface area contributed by atoms with Gasteiger partial charge in [-0.15, -0.1) is 0 Å². The normalized spacial score (nSPS) is 13.9. The van der Waals surface area contributed by atoms with Crippen LogP contribution in [-0.4, -0.2) is 12.4 Å². The summed E-state index contributed by atoms with van der Waals surface area (Å²) >= 11 is 0. The van der Waals surface area contributed by atoms with Crippen LogP contribution in [0.1, 0.15) is 23.6 Å². The number of carbonyl (C=O) groups excluding carboxylic acids is 1. The van der Waals surface area contributed by atoms with E-state index < -0.39 is 0 Å². The van der Waals surface area contributed by atoms with E-state index in [-0.39, 0.29) is 5.78 Å². The fraction of sp³-hybridized carbons (Fsp3) is 0.308. The first-order chi connectivity index (χ1) is 7.08. The van der Waals surface area contributed by atoms with Crippen LogP contribution in [0.5, 0.6) is 5.75 Å². The van der Waals surface area contributed by atoms with Crippen LogP contribution in [0, 0.1) is 13.8 Å². The summed E-state index contributed by atoms with van der Waals surface area (Å²) in [6.07, 6.45) is 1.92. The minimum absolute atomic E-state index is 0.0823. The molecule has 15 heavy (non-hydrogen) atoms. The van der Waals surface area contributed by atoms with E-state index in [1.54, 1.807) is 6.92 Å². The Morgan fingerprint density at radius 3 is 2.60 bits per heavy atom. The highest BCUT2D eigenvalue weighted by Crippen LogP contribution is 2.29. The van der Waals surface area contributed by atoms with Gasteiger partial charge in [0.15, 0.2) is 5.78 Å². The van der Waals surface area contributed by atoms with Crippen LogP contribution in [0.15, 0.2) is 17.7 Å². The number of ether oxygens (including phenoxy) is 1. The summed E-state index contributed by atoms with van der Waals surface area (Å²) in [7, 11) is 0. The molecule has 78 valence electrons. The van der Waals surface area contributed by atoms with Crippen LogP contribution < -0.4 is 4.74 Å². The number of benzene rings is 1. The van der Waals surface area contributed by atoms with Crippen LogP contribution in [0.4, 0.5) is 0 Å². The van der Waals surface area contributed by atoms with Crippen LogP contribution in [0.2, 0.25) is 0 Å². The average Bonchev–Trinajstić information content (AvgIpc) is 2.19. The average molecular weight is 202 g/mol. The van der Waals surface area contributed by atoms with E-state index in [9.17, 15) is 4.79 Å². The Morgan fingerprint density at radius 1 is 1.27 bits per heavy atom. The van der Waals surface area contributed by atoms with Crippen molar-refractivity contribution in [3.05, 3.63) is 34.4 Å². The van der Waals surface area contributed by atoms with E-state index in [1.807, 2.05) is 12.1 Å². The highest BCUT2D eigenvalue weighted by atomic mass is 16.5. The second-order valence-electron chi connectivity index (χ2n) is 3.99. The first-order valence-corrected chi connectivity index (χ1v) is 5.03. The van der Waals surface area contributed by atoms with E-state index in [2.05, 4.69) is 19.9 Å². The molecule has 0 saturated carbocycles. The van der Waals surface area contributed by atoms with Gasteiger partial charge in [0.2, 0.25) is 0 Å². The van der Waals surface area contributed by atoms with Gasteiger partial charge in [0, 0.05) is 11.1 Å². The second-order valence-corrected chi connectivity index (χ2v) is 3.99. The zero-order valence-electron chi connectivity index (χ0n) is 9.26. The SMILES string of the molecule is CC(=O)C1=Cc2cc(C)c(C)cc2OC1. The van der Waals surface area contributed by atoms with Crippen LogP contribution >= 0.6 is 0 Å². The maximum Gasteiger partial charge on any atom is 0.159 e. The second kappa shape index (κ2) is 3.54. The lowest BCUT2D eigenvalue weighted by atomic mass is 10.0. The highest BCUT2D eigenvalue weighted by Gasteiger charge is 2.14. The molecule has 0 radical (unpaired) electrons. The summed E-state index contributed by atoms with van der Waals surface area (Å²) in [6.45, 7) is 6.08. The molecule has 1 heterocycles. The maximum absolute atomic E-state index is 11.2. The van der Waals surface area contributed by atoms with Crippen LogP contribution in [-0.2, 0) is 4.79 Å². The van der Waals surface area contributed by atoms with E-state index in [0.717, 1.165) is 16.9 Å². The summed E-state index contributed by atoms with van der Waals surface area (Å²) in [4.78, 5) is 11.2. The van der Waals surface area contributed by atoms with Crippen LogP contribution in [0.25, 0.3) is 6.08 Å². The summed E-state index contributed by atoms with van der Waals surface area (Å²) in [5, 5.41) is 0. The molecular formula is C13H14O2. The molecule has 0 fully saturated rings. The molecule has 1 aliphatic heterocycles. The van der Waals surface area contributed by atoms with E-state index in [1.165, 1.54) is 11.1 Å². The van der Waals surface area contributed by atoms with Gasteiger partial charge in [-0.25, -0.2) is 0 Å². The topological polar surface area (TPSA) is 26.3 Å². The lowest BCUT2D eigenvalue weighted by Crippen LogP contribution is -2.12. The Labute approximate surface area is 89.6 Å². The van der Waals surface area contributed by atoms with Crippen molar-refractivity contribution in [2.75, 3.05) is 6.61 Å². The first-order valence-electron chi connectivity index (χ1n) is 5.03. The largest absolute Gasteiger partial charge is 0.488 e. The zero-order chi connectivity index (χ0) is 11.0. The van der Waals surface area contributed by atoms with E-state index in [4.69, 9.17) is 4.74 Å². The summed E-state index contributed by atoms with van der Waals surface area (Å²) < 4.78 is 5.54. The number of aryl methyl sites for hydroxylation is 2. The zero-order valence-corrected chi connectivity index (χ0v) is 9.26. The van der Waals surface area contributed by atoms with Gasteiger partial charge in [-0.2, -0.15) is 0 Å². The number of rotatable bonds is 1. The smallest absolute Gasteiger partial charge is 0.159 e. The molecule has 2 nitrogen and oxygen atoms in total. The number of ketones is 1. The fourth-order valence-corrected chi connectivity index (χ4v) is 1.64. The molecule has 0 bridgehead atoms. The van der Waals surface area contributed by atoms with Crippen molar-refractivity contribution in [3.63, 3.8) is 0 Å². The van der Waals surface area contributed by atoms with E-state index in [0.29, 0.717) is 6.61 Å². The highest BCUT2D eigenvalue weighted by molar-refractivity contribution is 5.99. The number of Topliss-reactive ketones (excluding diaryl/α,β-unsaturated/α-hetero) is 1. The summed E-state index contributed by atoms with van der Waals surface area (Å²) in [5.74, 6) is 0.960. The molecule has 2 heteroatoms. The molecule has 0 saturated heterocycles. The molecule has 0 unspecified atom stereocenters. The van der Waals surface area contributed by atoms with Gasteiger partial charge in [0.25, 0.3) is 0 Å². The standard InChI is InChI=1S/C13H14O2/c1-8-4-11-6-12(10(3)14)7-15-13(11)5-9(8)2/h4-6H,7H2,1-3H3. The van der Waals surface area contributed by atoms with Gasteiger partial charge in [-0.1, -0.05) is 0 Å². The number of hydrogen-bond acceptors (Lipinski definition) is 2. The predicted molar refractivity (Wildman–Crippen MR) is 60.1 cm³/mol. The van der Waals surface area contributed by atoms with Crippen molar-refractivity contribution in [2.45, 2.75) is 20.8 Å². The Bertz CT molecular complexity index is 456. The molecular weight excluding hydrogens is 188 g/mol. The van der Waals surface area contributed by atoms with Crippen molar-refractivity contribution < 1.29 is 9.53 Å². The van der Waals surface area contributed by atoms with Gasteiger partial charge in [-0.05, 0) is 50.1 Å². The fourth-order valence-electron chi connectivity index (χ4n) is 1.64. The molecule has 0 aliphatic carbocycles. The number of carbonyl (C=O) groups is 1. The molecule has 0 amide bonds. The van der Waals surface area contributed by atoms with Gasteiger partial charge in [0.05, 0.1) is 0 Å². The monoisotopic (exact) mass is 202 g/mol. The molecule has 0 aromatic heterocycles. The van der Waals surface area contributed by atoms with Crippen molar-refractivity contribution >= 4 is 11.9 Å². The summed E-state index contributed by atoms with van der Waals surface area (Å²) in [6, 6.07) is 4.09. The molecule has 2 rings (SSSR count). The van der Waals surface area contributed by atoms with Crippen LogP contribution in [0.3, 0.4) is 0 Å². The summed E-state index contributed by atoms with van der Waals surface area (Å²) in [5.41, 5.74) is 4.19. The molecule has 0 atom stereocenters. The third kappa shape index (κ3) is 1.80. The first kappa shape index (κ1) is 9.97. The Balaban J connectivity index is 2.51. The quantitative estimate of drug-likeness (QED) is 0.699. The molecule has 0 N–H and O–H groups in total. The van der Waals surface area contributed by atoms with Gasteiger partial charge >= 0.3 is 0 Å².